The van der Waals surface area contributed by atoms with Crippen LogP contribution in [0.4, 0.5) is 4.39 Å². The monoisotopic (exact) mass is 253 g/mol. The molecule has 1 rings (SSSR count). The van der Waals surface area contributed by atoms with E-state index in [4.69, 9.17) is 10.5 Å². The molecule has 0 aliphatic carbocycles. The van der Waals surface area contributed by atoms with Gasteiger partial charge in [-0.2, -0.15) is 0 Å². The third-order valence-electron chi connectivity index (χ3n) is 3.69. The van der Waals surface area contributed by atoms with Gasteiger partial charge in [0.15, 0.2) is 11.6 Å². The first-order valence-electron chi connectivity index (χ1n) is 6.34. The first kappa shape index (κ1) is 15.0. The lowest BCUT2D eigenvalue weighted by Crippen LogP contribution is -2.23. The number of hydrogen-bond donors (Lipinski definition) is 1. The highest BCUT2D eigenvalue weighted by Gasteiger charge is 2.23. The third kappa shape index (κ3) is 3.70. The van der Waals surface area contributed by atoms with Crippen LogP contribution in [0, 0.1) is 17.2 Å². The Hall–Kier alpha value is -1.09. The van der Waals surface area contributed by atoms with Crippen LogP contribution in [0.25, 0.3) is 0 Å². The molecule has 102 valence electrons. The summed E-state index contributed by atoms with van der Waals surface area (Å²) in [6.45, 7) is 8.76. The second kappa shape index (κ2) is 5.70. The van der Waals surface area contributed by atoms with Crippen molar-refractivity contribution >= 4 is 0 Å². The number of rotatable bonds is 4. The summed E-state index contributed by atoms with van der Waals surface area (Å²) >= 11 is 0. The van der Waals surface area contributed by atoms with Crippen molar-refractivity contribution in [2.45, 2.75) is 40.2 Å². The first-order chi connectivity index (χ1) is 8.25. The normalized spacial score (nSPS) is 15.3. The van der Waals surface area contributed by atoms with Crippen molar-refractivity contribution in [2.75, 3.05) is 7.11 Å². The van der Waals surface area contributed by atoms with Crippen molar-refractivity contribution in [1.82, 2.24) is 0 Å². The van der Waals surface area contributed by atoms with Gasteiger partial charge in [-0.15, -0.1) is 0 Å². The van der Waals surface area contributed by atoms with Gasteiger partial charge in [0.25, 0.3) is 0 Å². The Labute approximate surface area is 109 Å². The van der Waals surface area contributed by atoms with Crippen LogP contribution in [-0.2, 0) is 0 Å². The summed E-state index contributed by atoms with van der Waals surface area (Å²) in [5.74, 6) is 0.376. The molecule has 0 aliphatic heterocycles. The maximum absolute atomic E-state index is 13.6. The number of nitrogens with two attached hydrogens (primary N) is 1. The molecular weight excluding hydrogens is 229 g/mol. The van der Waals surface area contributed by atoms with Gasteiger partial charge in [0.1, 0.15) is 0 Å². The molecule has 0 aliphatic rings. The molecule has 2 nitrogen and oxygen atoms in total. The Kier molecular flexibility index (Phi) is 4.74. The molecule has 1 aromatic rings. The molecule has 3 heteroatoms. The minimum absolute atomic E-state index is 0.139. The Morgan fingerprint density at radius 3 is 2.39 bits per heavy atom. The number of ether oxygens (including phenoxy) is 1. The summed E-state index contributed by atoms with van der Waals surface area (Å²) in [4.78, 5) is 0. The fraction of sp³-hybridized carbons (Fsp3) is 0.600. The Morgan fingerprint density at radius 1 is 1.33 bits per heavy atom. The smallest absolute Gasteiger partial charge is 0.165 e. The molecule has 0 amide bonds. The van der Waals surface area contributed by atoms with Crippen LogP contribution < -0.4 is 10.5 Å². The van der Waals surface area contributed by atoms with Gasteiger partial charge in [0.05, 0.1) is 7.11 Å². The van der Waals surface area contributed by atoms with E-state index < -0.39 is 0 Å². The van der Waals surface area contributed by atoms with Gasteiger partial charge in [0, 0.05) is 6.04 Å². The van der Waals surface area contributed by atoms with E-state index in [0.29, 0.717) is 5.92 Å². The summed E-state index contributed by atoms with van der Waals surface area (Å²) in [5.41, 5.74) is 7.18. The molecule has 2 atom stereocenters. The Balaban J connectivity index is 2.79. The van der Waals surface area contributed by atoms with Crippen LogP contribution in [0.15, 0.2) is 18.2 Å². The van der Waals surface area contributed by atoms with E-state index in [1.54, 1.807) is 6.07 Å². The van der Waals surface area contributed by atoms with Crippen LogP contribution in [-0.4, -0.2) is 7.11 Å². The zero-order chi connectivity index (χ0) is 13.9. The van der Waals surface area contributed by atoms with Crippen molar-refractivity contribution in [3.63, 3.8) is 0 Å². The number of benzene rings is 1. The fourth-order valence-electron chi connectivity index (χ4n) is 1.78. The fourth-order valence-corrected chi connectivity index (χ4v) is 1.78. The molecule has 0 heterocycles. The van der Waals surface area contributed by atoms with E-state index in [-0.39, 0.29) is 23.0 Å². The molecule has 2 N–H and O–H groups in total. The van der Waals surface area contributed by atoms with E-state index in [1.165, 1.54) is 13.2 Å². The van der Waals surface area contributed by atoms with E-state index in [1.807, 2.05) is 6.07 Å². The summed E-state index contributed by atoms with van der Waals surface area (Å²) in [6.07, 6.45) is 0.843. The minimum atomic E-state index is -0.353. The molecule has 0 saturated heterocycles. The summed E-state index contributed by atoms with van der Waals surface area (Å²) in [7, 11) is 1.46. The highest BCUT2D eigenvalue weighted by molar-refractivity contribution is 5.30. The van der Waals surface area contributed by atoms with Crippen LogP contribution in [0.1, 0.15) is 45.7 Å². The quantitative estimate of drug-likeness (QED) is 0.883. The lowest BCUT2D eigenvalue weighted by Gasteiger charge is -2.29. The molecule has 0 aromatic heterocycles. The van der Waals surface area contributed by atoms with Gasteiger partial charge >= 0.3 is 0 Å². The van der Waals surface area contributed by atoms with E-state index in [0.717, 1.165) is 12.0 Å². The van der Waals surface area contributed by atoms with Crippen LogP contribution in [0.2, 0.25) is 0 Å². The lowest BCUT2D eigenvalue weighted by molar-refractivity contribution is 0.233. The maximum Gasteiger partial charge on any atom is 0.165 e. The molecule has 0 bridgehead atoms. The lowest BCUT2D eigenvalue weighted by atomic mass is 9.78. The minimum Gasteiger partial charge on any atom is -0.494 e. The highest BCUT2D eigenvalue weighted by atomic mass is 19.1. The molecular formula is C15H24FNO. The van der Waals surface area contributed by atoms with Crippen molar-refractivity contribution in [1.29, 1.82) is 0 Å². The average molecular weight is 253 g/mol. The first-order valence-corrected chi connectivity index (χ1v) is 6.34. The zero-order valence-electron chi connectivity index (χ0n) is 12.0. The third-order valence-corrected chi connectivity index (χ3v) is 3.69. The molecule has 2 unspecified atom stereocenters. The summed E-state index contributed by atoms with van der Waals surface area (Å²) in [6, 6.07) is 4.80. The molecule has 1 aromatic carbocycles. The number of hydrogen-bond acceptors (Lipinski definition) is 2. The van der Waals surface area contributed by atoms with Gasteiger partial charge < -0.3 is 10.5 Å². The summed E-state index contributed by atoms with van der Waals surface area (Å²) in [5, 5.41) is 0. The van der Waals surface area contributed by atoms with Gasteiger partial charge in [0.2, 0.25) is 0 Å². The van der Waals surface area contributed by atoms with Crippen molar-refractivity contribution in [3.8, 4) is 5.75 Å². The zero-order valence-corrected chi connectivity index (χ0v) is 12.0. The van der Waals surface area contributed by atoms with Gasteiger partial charge in [-0.1, -0.05) is 33.8 Å². The largest absolute Gasteiger partial charge is 0.494 e. The standard InChI is InChI=1S/C15H24FNO/c1-10(15(2,3)4)8-13(17)11-6-7-14(18-5)12(16)9-11/h6-7,9-10,13H,8,17H2,1-5H3. The van der Waals surface area contributed by atoms with Gasteiger partial charge in [-0.25, -0.2) is 4.39 Å². The Morgan fingerprint density at radius 2 is 1.94 bits per heavy atom. The second-order valence-corrected chi connectivity index (χ2v) is 6.00. The van der Waals surface area contributed by atoms with Crippen LogP contribution in [0.5, 0.6) is 5.75 Å². The number of halogens is 1. The van der Waals surface area contributed by atoms with Crippen molar-refractivity contribution < 1.29 is 9.13 Å². The van der Waals surface area contributed by atoms with E-state index in [9.17, 15) is 4.39 Å². The number of methoxy groups -OCH3 is 1. The van der Waals surface area contributed by atoms with Gasteiger partial charge in [-0.3, -0.25) is 0 Å². The predicted molar refractivity (Wildman–Crippen MR) is 73.1 cm³/mol. The molecule has 0 fully saturated rings. The maximum atomic E-state index is 13.6. The average Bonchev–Trinajstić information content (AvgIpc) is 2.27. The van der Waals surface area contributed by atoms with Crippen LogP contribution >= 0.6 is 0 Å². The molecule has 0 radical (unpaired) electrons. The highest BCUT2D eigenvalue weighted by Crippen LogP contribution is 2.33. The van der Waals surface area contributed by atoms with Crippen molar-refractivity contribution in [3.05, 3.63) is 29.6 Å². The molecule has 18 heavy (non-hydrogen) atoms. The van der Waals surface area contributed by atoms with E-state index in [2.05, 4.69) is 27.7 Å². The van der Waals surface area contributed by atoms with E-state index >= 15 is 0 Å². The predicted octanol–water partition coefficient (Wildman–Crippen LogP) is 3.91. The van der Waals surface area contributed by atoms with Gasteiger partial charge in [-0.05, 0) is 35.4 Å². The molecule has 0 saturated carbocycles. The van der Waals surface area contributed by atoms with Crippen molar-refractivity contribution in [2.24, 2.45) is 17.1 Å². The second-order valence-electron chi connectivity index (χ2n) is 6.00. The SMILES string of the molecule is COc1ccc(C(N)CC(C)C(C)(C)C)cc1F. The summed E-state index contributed by atoms with van der Waals surface area (Å²) < 4.78 is 18.5. The Bertz CT molecular complexity index is 398. The molecule has 0 spiro atoms. The topological polar surface area (TPSA) is 35.2 Å². The van der Waals surface area contributed by atoms with Crippen LogP contribution in [0.3, 0.4) is 0 Å².